The van der Waals surface area contributed by atoms with E-state index in [-0.39, 0.29) is 12.6 Å². The minimum Gasteiger partial charge on any atom is -0.485 e. The Balaban J connectivity index is 2.07. The smallest absolute Gasteiger partial charge is 0.344 e. The summed E-state index contributed by atoms with van der Waals surface area (Å²) in [7, 11) is 0. The van der Waals surface area contributed by atoms with Crippen molar-refractivity contribution in [1.29, 1.82) is 0 Å². The summed E-state index contributed by atoms with van der Waals surface area (Å²) in [6.45, 7) is 6.64. The van der Waals surface area contributed by atoms with Crippen LogP contribution in [0.15, 0.2) is 42.5 Å². The van der Waals surface area contributed by atoms with Crippen molar-refractivity contribution in [1.82, 2.24) is 0 Å². The molecule has 0 aliphatic rings. The Morgan fingerprint density at radius 3 is 2.50 bits per heavy atom. The number of carbonyl (C=O) groups excluding carboxylic acids is 1. The van der Waals surface area contributed by atoms with E-state index >= 15 is 0 Å². The molecule has 2 aromatic rings. The number of aryl methyl sites for hydroxylation is 2. The molecule has 0 heterocycles. The van der Waals surface area contributed by atoms with Crippen LogP contribution in [0, 0.1) is 13.8 Å². The van der Waals surface area contributed by atoms with Crippen LogP contribution in [0.3, 0.4) is 0 Å². The molecule has 0 spiro atoms. The first-order chi connectivity index (χ1) is 11.6. The average molecular weight is 328 g/mol. The van der Waals surface area contributed by atoms with Crippen molar-refractivity contribution in [2.75, 3.05) is 13.2 Å². The van der Waals surface area contributed by atoms with E-state index in [1.165, 1.54) is 0 Å². The first-order valence-electron chi connectivity index (χ1n) is 8.16. The molecule has 24 heavy (non-hydrogen) atoms. The lowest BCUT2D eigenvalue weighted by Gasteiger charge is -2.16. The number of ether oxygens (including phenoxy) is 3. The Bertz CT molecular complexity index is 665. The predicted molar refractivity (Wildman–Crippen MR) is 93.4 cm³/mol. The molecule has 2 aromatic carbocycles. The molecular formula is C20H24O4. The third-order valence-corrected chi connectivity index (χ3v) is 3.42. The van der Waals surface area contributed by atoms with Gasteiger partial charge in [-0.05, 0) is 43.0 Å². The molecule has 0 aliphatic heterocycles. The zero-order valence-corrected chi connectivity index (χ0v) is 14.5. The highest BCUT2D eigenvalue weighted by Gasteiger charge is 2.13. The van der Waals surface area contributed by atoms with Crippen LogP contribution in [0.4, 0.5) is 0 Å². The van der Waals surface area contributed by atoms with E-state index in [9.17, 15) is 4.79 Å². The van der Waals surface area contributed by atoms with Gasteiger partial charge in [0, 0.05) is 0 Å². The summed E-state index contributed by atoms with van der Waals surface area (Å²) in [6, 6.07) is 13.8. The standard InChI is InChI=1S/C20H24O4/c1-4-10-22-19(21)14-23-18-12-15(2)11-16(3)20(18)24-13-17-8-6-5-7-9-17/h5-9,11-12H,4,10,13-14H2,1-3H3. The highest BCUT2D eigenvalue weighted by atomic mass is 16.6. The lowest BCUT2D eigenvalue weighted by molar-refractivity contribution is -0.146. The van der Waals surface area contributed by atoms with Gasteiger partial charge in [0.2, 0.25) is 0 Å². The molecule has 0 unspecified atom stereocenters. The molecule has 0 aliphatic carbocycles. The summed E-state index contributed by atoms with van der Waals surface area (Å²) < 4.78 is 16.6. The normalized spacial score (nSPS) is 10.3. The van der Waals surface area contributed by atoms with E-state index in [4.69, 9.17) is 14.2 Å². The van der Waals surface area contributed by atoms with Gasteiger partial charge >= 0.3 is 5.97 Å². The summed E-state index contributed by atoms with van der Waals surface area (Å²) >= 11 is 0. The molecule has 0 saturated heterocycles. The zero-order chi connectivity index (χ0) is 17.4. The maximum absolute atomic E-state index is 11.6. The minimum absolute atomic E-state index is 0.120. The maximum Gasteiger partial charge on any atom is 0.344 e. The van der Waals surface area contributed by atoms with Crippen LogP contribution in [-0.4, -0.2) is 19.2 Å². The van der Waals surface area contributed by atoms with Gasteiger partial charge in [-0.2, -0.15) is 0 Å². The Hall–Kier alpha value is -2.49. The fourth-order valence-electron chi connectivity index (χ4n) is 2.33. The number of hydrogen-bond acceptors (Lipinski definition) is 4. The van der Waals surface area contributed by atoms with Crippen molar-refractivity contribution in [3.8, 4) is 11.5 Å². The van der Waals surface area contributed by atoms with Crippen LogP contribution in [0.5, 0.6) is 11.5 Å². The van der Waals surface area contributed by atoms with E-state index in [0.717, 1.165) is 23.1 Å². The molecule has 0 amide bonds. The number of carbonyl (C=O) groups is 1. The number of esters is 1. The minimum atomic E-state index is -0.370. The molecule has 0 saturated carbocycles. The molecule has 0 N–H and O–H groups in total. The van der Waals surface area contributed by atoms with Gasteiger partial charge in [0.15, 0.2) is 18.1 Å². The number of rotatable bonds is 8. The van der Waals surface area contributed by atoms with Gasteiger partial charge in [-0.15, -0.1) is 0 Å². The fourth-order valence-corrected chi connectivity index (χ4v) is 2.33. The third kappa shape index (κ3) is 5.30. The summed E-state index contributed by atoms with van der Waals surface area (Å²) in [6.07, 6.45) is 0.792. The molecule has 2 rings (SSSR count). The summed E-state index contributed by atoms with van der Waals surface area (Å²) in [5.41, 5.74) is 3.10. The predicted octanol–water partition coefficient (Wildman–Crippen LogP) is 4.21. The molecule has 128 valence electrons. The molecule has 4 nitrogen and oxygen atoms in total. The van der Waals surface area contributed by atoms with Gasteiger partial charge in [0.25, 0.3) is 0 Å². The lowest BCUT2D eigenvalue weighted by Crippen LogP contribution is -2.16. The molecule has 0 radical (unpaired) electrons. The van der Waals surface area contributed by atoms with E-state index in [0.29, 0.717) is 24.7 Å². The molecule has 0 bridgehead atoms. The van der Waals surface area contributed by atoms with Crippen LogP contribution in [-0.2, 0) is 16.1 Å². The van der Waals surface area contributed by atoms with Crippen molar-refractivity contribution in [2.24, 2.45) is 0 Å². The number of hydrogen-bond donors (Lipinski definition) is 0. The second kappa shape index (κ2) is 8.96. The quantitative estimate of drug-likeness (QED) is 0.681. The van der Waals surface area contributed by atoms with E-state index in [1.54, 1.807) is 0 Å². The van der Waals surface area contributed by atoms with Crippen LogP contribution >= 0.6 is 0 Å². The van der Waals surface area contributed by atoms with Gasteiger partial charge < -0.3 is 14.2 Å². The van der Waals surface area contributed by atoms with Gasteiger partial charge in [-0.25, -0.2) is 4.79 Å². The summed E-state index contributed by atoms with van der Waals surface area (Å²) in [4.78, 5) is 11.6. The van der Waals surface area contributed by atoms with Crippen LogP contribution < -0.4 is 9.47 Å². The zero-order valence-electron chi connectivity index (χ0n) is 14.5. The van der Waals surface area contributed by atoms with Crippen molar-refractivity contribution >= 4 is 5.97 Å². The highest BCUT2D eigenvalue weighted by molar-refractivity contribution is 5.71. The maximum atomic E-state index is 11.6. The fraction of sp³-hybridized carbons (Fsp3) is 0.350. The second-order valence-corrected chi connectivity index (χ2v) is 5.69. The van der Waals surface area contributed by atoms with Crippen molar-refractivity contribution in [2.45, 2.75) is 33.8 Å². The van der Waals surface area contributed by atoms with Gasteiger partial charge in [-0.3, -0.25) is 0 Å². The van der Waals surface area contributed by atoms with Crippen LogP contribution in [0.25, 0.3) is 0 Å². The molecule has 0 aromatic heterocycles. The van der Waals surface area contributed by atoms with Crippen molar-refractivity contribution < 1.29 is 19.0 Å². The average Bonchev–Trinajstić information content (AvgIpc) is 2.58. The van der Waals surface area contributed by atoms with E-state index < -0.39 is 0 Å². The van der Waals surface area contributed by atoms with Gasteiger partial charge in [0.05, 0.1) is 6.61 Å². The summed E-state index contributed by atoms with van der Waals surface area (Å²) in [5.74, 6) is 0.856. The Kier molecular flexibility index (Phi) is 6.67. The molecule has 4 heteroatoms. The first-order valence-corrected chi connectivity index (χ1v) is 8.16. The second-order valence-electron chi connectivity index (χ2n) is 5.69. The largest absolute Gasteiger partial charge is 0.485 e. The molecule has 0 atom stereocenters. The molecular weight excluding hydrogens is 304 g/mol. The number of benzene rings is 2. The topological polar surface area (TPSA) is 44.8 Å². The third-order valence-electron chi connectivity index (χ3n) is 3.42. The SMILES string of the molecule is CCCOC(=O)COc1cc(C)cc(C)c1OCc1ccccc1. The van der Waals surface area contributed by atoms with Crippen LogP contribution in [0.1, 0.15) is 30.0 Å². The monoisotopic (exact) mass is 328 g/mol. The van der Waals surface area contributed by atoms with Crippen LogP contribution in [0.2, 0.25) is 0 Å². The highest BCUT2D eigenvalue weighted by Crippen LogP contribution is 2.33. The van der Waals surface area contributed by atoms with Gasteiger partial charge in [-0.1, -0.05) is 43.3 Å². The van der Waals surface area contributed by atoms with E-state index in [1.807, 2.05) is 63.2 Å². The van der Waals surface area contributed by atoms with Crippen molar-refractivity contribution in [3.63, 3.8) is 0 Å². The Labute approximate surface area is 143 Å². The lowest BCUT2D eigenvalue weighted by atomic mass is 10.1. The van der Waals surface area contributed by atoms with Crippen molar-refractivity contribution in [3.05, 3.63) is 59.2 Å². The Morgan fingerprint density at radius 1 is 1.04 bits per heavy atom. The van der Waals surface area contributed by atoms with E-state index in [2.05, 4.69) is 0 Å². The van der Waals surface area contributed by atoms with Gasteiger partial charge in [0.1, 0.15) is 6.61 Å². The summed E-state index contributed by atoms with van der Waals surface area (Å²) in [5, 5.41) is 0. The first kappa shape index (κ1) is 17.9. The molecule has 0 fully saturated rings. The Morgan fingerprint density at radius 2 is 1.79 bits per heavy atom.